The van der Waals surface area contributed by atoms with Crippen molar-refractivity contribution in [2.24, 2.45) is 0 Å². The van der Waals surface area contributed by atoms with Crippen LogP contribution in [0.3, 0.4) is 0 Å². The molecule has 6 rings (SSSR count). The van der Waals surface area contributed by atoms with Crippen LogP contribution in [0.5, 0.6) is 5.88 Å². The molecule has 2 N–H and O–H groups in total. The number of aromatic nitrogens is 2. The van der Waals surface area contributed by atoms with E-state index < -0.39 is 18.2 Å². The number of nitrogens with one attached hydrogen (secondary N) is 1. The Labute approximate surface area is 238 Å². The second-order valence-electron chi connectivity index (χ2n) is 9.34. The number of hydrogen-bond donors (Lipinski definition) is 2. The summed E-state index contributed by atoms with van der Waals surface area (Å²) < 4.78 is 20.9. The summed E-state index contributed by atoms with van der Waals surface area (Å²) in [7, 11) is 0. The molecule has 1 aliphatic heterocycles. The number of amides is 1. The zero-order valence-corrected chi connectivity index (χ0v) is 22.7. The zero-order valence-electron chi connectivity index (χ0n) is 20.4. The van der Waals surface area contributed by atoms with Crippen LogP contribution in [0, 0.1) is 5.82 Å². The van der Waals surface area contributed by atoms with Gasteiger partial charge in [0.05, 0.1) is 34.1 Å². The summed E-state index contributed by atoms with van der Waals surface area (Å²) in [6.45, 7) is 0. The third-order valence-corrected chi connectivity index (χ3v) is 8.32. The number of aliphatic hydroxyl groups excluding tert-OH is 1. The van der Waals surface area contributed by atoms with Crippen molar-refractivity contribution < 1.29 is 19.0 Å². The summed E-state index contributed by atoms with van der Waals surface area (Å²) in [5.41, 5.74) is 5.64. The highest BCUT2D eigenvalue weighted by Crippen LogP contribution is 2.41. The van der Waals surface area contributed by atoms with Crippen LogP contribution in [0.25, 0.3) is 17.3 Å². The van der Waals surface area contributed by atoms with E-state index in [0.717, 1.165) is 33.5 Å². The lowest BCUT2D eigenvalue weighted by molar-refractivity contribution is 0.132. The first-order chi connectivity index (χ1) is 18.9. The zero-order chi connectivity index (χ0) is 27.1. The monoisotopic (exact) mass is 581 g/mol. The number of fused-ring (bicyclic) bond motifs is 2. The molecular weight excluding hydrogens is 560 g/mol. The fraction of sp³-hybridized carbons (Fsp3) is 0.172. The van der Waals surface area contributed by atoms with Gasteiger partial charge in [-0.1, -0.05) is 59.6 Å². The molecule has 0 fully saturated rings. The van der Waals surface area contributed by atoms with Crippen molar-refractivity contribution in [3.05, 3.63) is 111 Å². The van der Waals surface area contributed by atoms with Gasteiger partial charge in [0.1, 0.15) is 5.82 Å². The molecule has 39 heavy (non-hydrogen) atoms. The van der Waals surface area contributed by atoms with Gasteiger partial charge in [-0.25, -0.2) is 13.9 Å². The fourth-order valence-electron chi connectivity index (χ4n) is 4.99. The fourth-order valence-corrected chi connectivity index (χ4v) is 6.49. The smallest absolute Gasteiger partial charge is 0.390 e. The summed E-state index contributed by atoms with van der Waals surface area (Å²) in [6, 6.07) is 18.3. The first-order valence-corrected chi connectivity index (χ1v) is 14.1. The standard InChI is InChI=1S/C29H22Cl2FN3O3S/c30-19-7-10-24(23(31)13-19)35-27-18(11-16-5-8-20(32)9-6-16)14-39-15-22(27)28(34-35)38-29(37)33-26-21-4-2-1-3-17(21)12-25(26)36/h1-11,13,25-26,36H,12,14-15H2,(H,33,37)/b18-11+/t25-,26+/m0/s1. The number of ether oxygens (including phenoxy) is 1. The Hall–Kier alpha value is -3.30. The van der Waals surface area contributed by atoms with Crippen LogP contribution in [-0.4, -0.2) is 32.8 Å². The number of nitrogens with zero attached hydrogens (tertiary/aromatic N) is 2. The number of hydrogen-bond acceptors (Lipinski definition) is 5. The van der Waals surface area contributed by atoms with Gasteiger partial charge in [-0.2, -0.15) is 11.8 Å². The molecule has 198 valence electrons. The van der Waals surface area contributed by atoms with Gasteiger partial charge < -0.3 is 15.2 Å². The molecule has 10 heteroatoms. The van der Waals surface area contributed by atoms with Crippen molar-refractivity contribution in [3.8, 4) is 11.6 Å². The number of thioether (sulfide) groups is 1. The van der Waals surface area contributed by atoms with Gasteiger partial charge >= 0.3 is 6.09 Å². The molecule has 1 aliphatic carbocycles. The van der Waals surface area contributed by atoms with Crippen molar-refractivity contribution in [2.75, 3.05) is 5.75 Å². The average molecular weight is 582 g/mol. The predicted molar refractivity (Wildman–Crippen MR) is 152 cm³/mol. The van der Waals surface area contributed by atoms with Crippen LogP contribution < -0.4 is 10.1 Å². The SMILES string of the molecule is O=C(N[C@@H]1c2ccccc2C[C@@H]1O)Oc1nn(-c2ccc(Cl)cc2Cl)c2c1CSC/C2=C\c1ccc(F)cc1. The van der Waals surface area contributed by atoms with E-state index in [1.165, 1.54) is 12.1 Å². The highest BCUT2D eigenvalue weighted by atomic mass is 35.5. The Morgan fingerprint density at radius 3 is 2.72 bits per heavy atom. The minimum atomic E-state index is -0.755. The summed E-state index contributed by atoms with van der Waals surface area (Å²) in [4.78, 5) is 13.1. The van der Waals surface area contributed by atoms with E-state index in [4.69, 9.17) is 27.9 Å². The molecule has 0 radical (unpaired) electrons. The first-order valence-electron chi connectivity index (χ1n) is 12.2. The topological polar surface area (TPSA) is 76.4 Å². The molecule has 0 bridgehead atoms. The lowest BCUT2D eigenvalue weighted by atomic mass is 10.1. The van der Waals surface area contributed by atoms with Gasteiger partial charge in [-0.3, -0.25) is 0 Å². The van der Waals surface area contributed by atoms with Crippen molar-refractivity contribution >= 4 is 52.7 Å². The number of benzene rings is 3. The number of rotatable bonds is 4. The van der Waals surface area contributed by atoms with Gasteiger partial charge in [0.2, 0.25) is 5.88 Å². The maximum atomic E-state index is 13.5. The summed E-state index contributed by atoms with van der Waals surface area (Å²) in [5.74, 6) is 1.05. The normalized spacial score (nSPS) is 19.0. The molecule has 0 spiro atoms. The minimum absolute atomic E-state index is 0.145. The molecule has 3 aromatic carbocycles. The molecule has 0 saturated carbocycles. The number of halogens is 3. The van der Waals surface area contributed by atoms with Crippen LogP contribution in [0.4, 0.5) is 9.18 Å². The number of aliphatic hydroxyl groups is 1. The number of carbonyl (C=O) groups is 1. The second-order valence-corrected chi connectivity index (χ2v) is 11.2. The summed E-state index contributed by atoms with van der Waals surface area (Å²) in [5, 5.41) is 18.9. The van der Waals surface area contributed by atoms with Crippen LogP contribution in [-0.2, 0) is 12.2 Å². The van der Waals surface area contributed by atoms with Crippen LogP contribution >= 0.6 is 35.0 Å². The Bertz CT molecular complexity index is 1610. The van der Waals surface area contributed by atoms with Crippen molar-refractivity contribution in [3.63, 3.8) is 0 Å². The average Bonchev–Trinajstić information content (AvgIpc) is 3.43. The van der Waals surface area contributed by atoms with E-state index in [1.807, 2.05) is 30.3 Å². The van der Waals surface area contributed by atoms with E-state index in [0.29, 0.717) is 33.7 Å². The Morgan fingerprint density at radius 1 is 1.13 bits per heavy atom. The quantitative estimate of drug-likeness (QED) is 0.275. The van der Waals surface area contributed by atoms with Crippen LogP contribution in [0.1, 0.15) is 34.0 Å². The van der Waals surface area contributed by atoms with Crippen molar-refractivity contribution in [1.82, 2.24) is 15.1 Å². The maximum absolute atomic E-state index is 13.5. The molecule has 0 saturated heterocycles. The number of carbonyl (C=O) groups excluding carboxylic acids is 1. The van der Waals surface area contributed by atoms with E-state index >= 15 is 0 Å². The van der Waals surface area contributed by atoms with Gasteiger partial charge in [0.25, 0.3) is 0 Å². The summed E-state index contributed by atoms with van der Waals surface area (Å²) >= 11 is 14.4. The Balaban J connectivity index is 1.38. The molecule has 1 aromatic heterocycles. The van der Waals surface area contributed by atoms with Crippen LogP contribution in [0.15, 0.2) is 66.7 Å². The maximum Gasteiger partial charge on any atom is 0.414 e. The second kappa shape index (κ2) is 10.7. The van der Waals surface area contributed by atoms with E-state index in [2.05, 4.69) is 10.4 Å². The first kappa shape index (κ1) is 26.0. The Morgan fingerprint density at radius 2 is 1.92 bits per heavy atom. The predicted octanol–water partition coefficient (Wildman–Crippen LogP) is 6.85. The highest BCUT2D eigenvalue weighted by molar-refractivity contribution is 7.99. The molecule has 1 amide bonds. The molecule has 2 aliphatic rings. The third kappa shape index (κ3) is 5.17. The highest BCUT2D eigenvalue weighted by Gasteiger charge is 2.34. The molecule has 2 heterocycles. The Kier molecular flexibility index (Phi) is 7.12. The van der Waals surface area contributed by atoms with Crippen LogP contribution in [0.2, 0.25) is 10.0 Å². The molecular formula is C29H22Cl2FN3O3S. The third-order valence-electron chi connectivity index (χ3n) is 6.77. The molecule has 4 aromatic rings. The minimum Gasteiger partial charge on any atom is -0.390 e. The largest absolute Gasteiger partial charge is 0.414 e. The molecule has 6 nitrogen and oxygen atoms in total. The van der Waals surface area contributed by atoms with Crippen molar-refractivity contribution in [1.29, 1.82) is 0 Å². The van der Waals surface area contributed by atoms with Gasteiger partial charge in [-0.15, -0.1) is 5.10 Å². The molecule has 2 atom stereocenters. The summed E-state index contributed by atoms with van der Waals surface area (Å²) in [6.07, 6.45) is 0.941. The van der Waals surface area contributed by atoms with Gasteiger partial charge in [-0.05, 0) is 58.7 Å². The lowest BCUT2D eigenvalue weighted by Crippen LogP contribution is -2.36. The van der Waals surface area contributed by atoms with E-state index in [1.54, 1.807) is 46.8 Å². The van der Waals surface area contributed by atoms with E-state index in [-0.39, 0.29) is 11.7 Å². The lowest BCUT2D eigenvalue weighted by Gasteiger charge is -2.19. The van der Waals surface area contributed by atoms with Gasteiger partial charge in [0, 0.05) is 22.9 Å². The van der Waals surface area contributed by atoms with Gasteiger partial charge in [0.15, 0.2) is 0 Å². The van der Waals surface area contributed by atoms with E-state index in [9.17, 15) is 14.3 Å². The molecule has 0 unspecified atom stereocenters. The van der Waals surface area contributed by atoms with Crippen molar-refractivity contribution in [2.45, 2.75) is 24.3 Å².